The summed E-state index contributed by atoms with van der Waals surface area (Å²) in [4.78, 5) is 0. The minimum atomic E-state index is 0.757. The van der Waals surface area contributed by atoms with Crippen molar-refractivity contribution in [3.63, 3.8) is 0 Å². The topological polar surface area (TPSA) is 12.0 Å². The highest BCUT2D eigenvalue weighted by atomic mass is 14.9. The number of rotatable bonds is 6. The predicted octanol–water partition coefficient (Wildman–Crippen LogP) is 4.54. The first-order chi connectivity index (χ1) is 8.85. The summed E-state index contributed by atoms with van der Waals surface area (Å²) in [6, 6.07) is 0.757. The molecular weight excluding hydrogens is 218 g/mol. The zero-order valence-corrected chi connectivity index (χ0v) is 12.2. The summed E-state index contributed by atoms with van der Waals surface area (Å²) in [6.07, 6.45) is 16.4. The first-order valence-electron chi connectivity index (χ1n) is 8.13. The number of unbranched alkanes of at least 4 members (excludes halogenated alkanes) is 1. The van der Waals surface area contributed by atoms with Gasteiger partial charge in [0, 0.05) is 6.04 Å². The molecule has 4 unspecified atom stereocenters. The van der Waals surface area contributed by atoms with Gasteiger partial charge >= 0.3 is 0 Å². The average molecular weight is 249 g/mol. The molecule has 0 heterocycles. The molecule has 4 atom stereocenters. The highest BCUT2D eigenvalue weighted by molar-refractivity contribution is 4.88. The minimum absolute atomic E-state index is 0.757. The molecule has 2 aliphatic carbocycles. The molecule has 1 N–H and O–H groups in total. The molecule has 104 valence electrons. The quantitative estimate of drug-likeness (QED) is 0.538. The number of hydrogen-bond acceptors (Lipinski definition) is 1. The summed E-state index contributed by atoms with van der Waals surface area (Å²) < 4.78 is 0. The molecule has 2 fully saturated rings. The highest BCUT2D eigenvalue weighted by Crippen LogP contribution is 2.43. The van der Waals surface area contributed by atoms with Gasteiger partial charge < -0.3 is 5.32 Å². The maximum atomic E-state index is 3.83. The van der Waals surface area contributed by atoms with Crippen molar-refractivity contribution >= 4 is 0 Å². The first kappa shape index (κ1) is 14.1. The van der Waals surface area contributed by atoms with Crippen molar-refractivity contribution < 1.29 is 0 Å². The Kier molecular flexibility index (Phi) is 5.75. The Bertz CT molecular complexity index is 248. The monoisotopic (exact) mass is 249 g/mol. The van der Waals surface area contributed by atoms with E-state index in [1.807, 2.05) is 0 Å². The highest BCUT2D eigenvalue weighted by Gasteiger charge is 2.34. The van der Waals surface area contributed by atoms with Crippen LogP contribution in [0.5, 0.6) is 0 Å². The van der Waals surface area contributed by atoms with Crippen molar-refractivity contribution in [1.29, 1.82) is 0 Å². The third-order valence-electron chi connectivity index (χ3n) is 5.44. The van der Waals surface area contributed by atoms with Gasteiger partial charge in [0.25, 0.3) is 0 Å². The van der Waals surface area contributed by atoms with E-state index in [1.54, 1.807) is 0 Å². The van der Waals surface area contributed by atoms with E-state index in [0.29, 0.717) is 0 Å². The first-order valence-corrected chi connectivity index (χ1v) is 8.13. The molecule has 2 saturated carbocycles. The van der Waals surface area contributed by atoms with E-state index >= 15 is 0 Å². The lowest BCUT2D eigenvalue weighted by Crippen LogP contribution is -2.39. The molecular formula is C17H31N. The predicted molar refractivity (Wildman–Crippen MR) is 79.7 cm³/mol. The zero-order chi connectivity index (χ0) is 12.8. The van der Waals surface area contributed by atoms with Crippen LogP contribution in [0.15, 0.2) is 12.7 Å². The third-order valence-corrected chi connectivity index (χ3v) is 5.44. The van der Waals surface area contributed by atoms with Gasteiger partial charge in [-0.05, 0) is 63.3 Å². The number of allylic oxidation sites excluding steroid dienone is 1. The molecule has 2 aliphatic rings. The van der Waals surface area contributed by atoms with Crippen LogP contribution >= 0.6 is 0 Å². The normalized spacial score (nSPS) is 33.7. The van der Waals surface area contributed by atoms with Crippen LogP contribution in [0, 0.1) is 17.8 Å². The molecule has 2 rings (SSSR count). The van der Waals surface area contributed by atoms with E-state index in [-0.39, 0.29) is 0 Å². The van der Waals surface area contributed by atoms with E-state index in [1.165, 1.54) is 64.2 Å². The summed E-state index contributed by atoms with van der Waals surface area (Å²) in [5.74, 6) is 3.09. The van der Waals surface area contributed by atoms with Gasteiger partial charge in [0.1, 0.15) is 0 Å². The molecule has 0 spiro atoms. The fourth-order valence-corrected chi connectivity index (χ4v) is 4.37. The smallest absolute Gasteiger partial charge is 0.00925 e. The largest absolute Gasteiger partial charge is 0.317 e. The van der Waals surface area contributed by atoms with Crippen molar-refractivity contribution in [2.24, 2.45) is 17.8 Å². The number of nitrogens with one attached hydrogen (secondary N) is 1. The fraction of sp³-hybridized carbons (Fsp3) is 0.882. The van der Waals surface area contributed by atoms with E-state index in [2.05, 4.69) is 25.0 Å². The van der Waals surface area contributed by atoms with Gasteiger partial charge in [-0.25, -0.2) is 0 Å². The molecule has 0 bridgehead atoms. The molecule has 0 saturated heterocycles. The summed E-state index contributed by atoms with van der Waals surface area (Å²) in [6.45, 7) is 3.83. The summed E-state index contributed by atoms with van der Waals surface area (Å²) in [7, 11) is 2.16. The van der Waals surface area contributed by atoms with Crippen molar-refractivity contribution in [3.8, 4) is 0 Å². The van der Waals surface area contributed by atoms with Gasteiger partial charge in [0.2, 0.25) is 0 Å². The Balaban J connectivity index is 1.81. The number of fused-ring (bicyclic) bond motifs is 1. The molecule has 0 aromatic heterocycles. The second kappa shape index (κ2) is 7.33. The van der Waals surface area contributed by atoms with E-state index < -0.39 is 0 Å². The molecule has 1 heteroatoms. The lowest BCUT2D eigenvalue weighted by atomic mass is 9.66. The average Bonchev–Trinajstić information content (AvgIpc) is 2.43. The summed E-state index contributed by atoms with van der Waals surface area (Å²) in [5.41, 5.74) is 0. The van der Waals surface area contributed by atoms with Crippen molar-refractivity contribution in [1.82, 2.24) is 5.32 Å². The van der Waals surface area contributed by atoms with Crippen LogP contribution in [-0.2, 0) is 0 Å². The van der Waals surface area contributed by atoms with Crippen LogP contribution in [0.3, 0.4) is 0 Å². The van der Waals surface area contributed by atoms with E-state index in [0.717, 1.165) is 23.8 Å². The molecule has 0 radical (unpaired) electrons. The lowest BCUT2D eigenvalue weighted by Gasteiger charge is -2.42. The van der Waals surface area contributed by atoms with Crippen molar-refractivity contribution in [2.75, 3.05) is 7.05 Å². The van der Waals surface area contributed by atoms with E-state index in [4.69, 9.17) is 0 Å². The Morgan fingerprint density at radius 1 is 1.17 bits per heavy atom. The van der Waals surface area contributed by atoms with Crippen LogP contribution < -0.4 is 5.32 Å². The van der Waals surface area contributed by atoms with Gasteiger partial charge in [0.05, 0.1) is 0 Å². The SMILES string of the molecule is C=CCCCC(NC)C1CCC2CCCCC2C1. The number of hydrogen-bond donors (Lipinski definition) is 1. The zero-order valence-electron chi connectivity index (χ0n) is 12.2. The lowest BCUT2D eigenvalue weighted by molar-refractivity contribution is 0.108. The Labute approximate surface area is 113 Å². The molecule has 1 nitrogen and oxygen atoms in total. The Hall–Kier alpha value is -0.300. The van der Waals surface area contributed by atoms with Crippen LogP contribution in [0.2, 0.25) is 0 Å². The maximum Gasteiger partial charge on any atom is 0.00925 e. The van der Waals surface area contributed by atoms with Gasteiger partial charge in [-0.1, -0.05) is 31.8 Å². The van der Waals surface area contributed by atoms with Crippen LogP contribution in [0.4, 0.5) is 0 Å². The van der Waals surface area contributed by atoms with Gasteiger partial charge in [-0.3, -0.25) is 0 Å². The molecule has 18 heavy (non-hydrogen) atoms. The Morgan fingerprint density at radius 3 is 2.67 bits per heavy atom. The van der Waals surface area contributed by atoms with E-state index in [9.17, 15) is 0 Å². The van der Waals surface area contributed by atoms with Crippen LogP contribution in [0.25, 0.3) is 0 Å². The van der Waals surface area contributed by atoms with Gasteiger partial charge in [0.15, 0.2) is 0 Å². The molecule has 0 aromatic rings. The molecule has 0 amide bonds. The van der Waals surface area contributed by atoms with Crippen molar-refractivity contribution in [2.45, 2.75) is 70.3 Å². The standard InChI is InChI=1S/C17H31N/c1-3-4-5-10-17(18-2)16-12-11-14-8-6-7-9-15(14)13-16/h3,14-18H,1,4-13H2,2H3. The maximum absolute atomic E-state index is 3.83. The molecule has 0 aliphatic heterocycles. The molecule has 0 aromatic carbocycles. The minimum Gasteiger partial charge on any atom is -0.317 e. The second-order valence-corrected chi connectivity index (χ2v) is 6.49. The summed E-state index contributed by atoms with van der Waals surface area (Å²) in [5, 5.41) is 3.59. The second-order valence-electron chi connectivity index (χ2n) is 6.49. The fourth-order valence-electron chi connectivity index (χ4n) is 4.37. The third kappa shape index (κ3) is 3.60. The Morgan fingerprint density at radius 2 is 1.94 bits per heavy atom. The van der Waals surface area contributed by atoms with Gasteiger partial charge in [-0.15, -0.1) is 6.58 Å². The van der Waals surface area contributed by atoms with Gasteiger partial charge in [-0.2, -0.15) is 0 Å². The summed E-state index contributed by atoms with van der Waals surface area (Å²) >= 11 is 0. The van der Waals surface area contributed by atoms with Crippen LogP contribution in [-0.4, -0.2) is 13.1 Å². The van der Waals surface area contributed by atoms with Crippen LogP contribution in [0.1, 0.15) is 64.2 Å². The van der Waals surface area contributed by atoms with Crippen molar-refractivity contribution in [3.05, 3.63) is 12.7 Å².